The van der Waals surface area contributed by atoms with E-state index in [9.17, 15) is 9.59 Å². The molecule has 1 saturated carbocycles. The second kappa shape index (κ2) is 12.0. The van der Waals surface area contributed by atoms with Crippen LogP contribution in [0.15, 0.2) is 59.7 Å². The van der Waals surface area contributed by atoms with E-state index in [1.165, 1.54) is 0 Å². The number of rotatable bonds is 9. The smallest absolute Gasteiger partial charge is 0.333 e. The maximum Gasteiger partial charge on any atom is 0.333 e. The number of benzene rings is 1. The second-order valence-corrected chi connectivity index (χ2v) is 10.3. The number of nitrogens with one attached hydrogen (secondary N) is 1. The fourth-order valence-electron chi connectivity index (χ4n) is 5.20. The molecule has 1 aliphatic rings. The summed E-state index contributed by atoms with van der Waals surface area (Å²) < 4.78 is 14.1. The lowest BCUT2D eigenvalue weighted by Crippen LogP contribution is -2.39. The fourth-order valence-corrected chi connectivity index (χ4v) is 5.36. The molecule has 1 N–H and O–H groups in total. The van der Waals surface area contributed by atoms with Gasteiger partial charge in [-0.25, -0.2) is 9.78 Å². The van der Waals surface area contributed by atoms with E-state index in [1.54, 1.807) is 43.1 Å². The molecule has 0 bridgehead atoms. The highest BCUT2D eigenvalue weighted by Gasteiger charge is 2.25. The lowest BCUT2D eigenvalue weighted by molar-refractivity contribution is 0.0919. The van der Waals surface area contributed by atoms with Crippen LogP contribution in [0.25, 0.3) is 16.7 Å². The number of halogens is 1. The number of aryl methyl sites for hydroxylation is 1. The Morgan fingerprint density at radius 2 is 1.82 bits per heavy atom. The monoisotopic (exact) mass is 549 g/mol. The molecule has 0 aliphatic heterocycles. The van der Waals surface area contributed by atoms with E-state index < -0.39 is 0 Å². The van der Waals surface area contributed by atoms with Crippen molar-refractivity contribution in [3.63, 3.8) is 0 Å². The molecule has 0 saturated heterocycles. The van der Waals surface area contributed by atoms with Crippen molar-refractivity contribution in [2.24, 2.45) is 5.92 Å². The van der Waals surface area contributed by atoms with Crippen molar-refractivity contribution < 1.29 is 14.3 Å². The standard InChI is InChI=1S/C29H32ClN5O4/c1-19-24(15-21(30)16-31-19)28(36)33-22-9-7-20(8-10-22)18-34-25-5-3-4-6-26(25)35(29(34)37)23-11-12-27(32-17-23)39-14-13-38-2/h3-6,11-12,15-17,20,22H,7-10,13-14,18H2,1-2H3,(H,33,36). The van der Waals surface area contributed by atoms with Gasteiger partial charge < -0.3 is 14.8 Å². The normalized spacial score (nSPS) is 17.3. The number of ether oxygens (including phenoxy) is 2. The first kappa shape index (κ1) is 26.9. The number of amides is 1. The highest BCUT2D eigenvalue weighted by atomic mass is 35.5. The van der Waals surface area contributed by atoms with Gasteiger partial charge >= 0.3 is 5.69 Å². The zero-order valence-corrected chi connectivity index (χ0v) is 22.9. The predicted molar refractivity (Wildman–Crippen MR) is 150 cm³/mol. The van der Waals surface area contributed by atoms with Crippen molar-refractivity contribution in [2.45, 2.75) is 45.2 Å². The first-order valence-electron chi connectivity index (χ1n) is 13.2. The number of carbonyl (C=O) groups is 1. The van der Waals surface area contributed by atoms with E-state index in [-0.39, 0.29) is 17.6 Å². The van der Waals surface area contributed by atoms with Crippen LogP contribution in [-0.4, -0.2) is 51.4 Å². The number of fused-ring (bicyclic) bond motifs is 1. The molecule has 3 heterocycles. The van der Waals surface area contributed by atoms with E-state index in [0.717, 1.165) is 36.7 Å². The fraction of sp³-hybridized carbons (Fsp3) is 0.379. The molecule has 0 atom stereocenters. The van der Waals surface area contributed by atoms with Crippen LogP contribution in [-0.2, 0) is 11.3 Å². The van der Waals surface area contributed by atoms with Gasteiger partial charge in [0.05, 0.1) is 45.8 Å². The molecule has 10 heteroatoms. The number of methoxy groups -OCH3 is 1. The number of imidazole rings is 1. The molecule has 5 rings (SSSR count). The molecule has 3 aromatic heterocycles. The number of pyridine rings is 2. The molecular formula is C29H32ClN5O4. The minimum atomic E-state index is -0.144. The largest absolute Gasteiger partial charge is 0.475 e. The lowest BCUT2D eigenvalue weighted by atomic mass is 9.85. The van der Waals surface area contributed by atoms with Crippen LogP contribution in [0.4, 0.5) is 0 Å². The number of hydrogen-bond donors (Lipinski definition) is 1. The van der Waals surface area contributed by atoms with Gasteiger partial charge in [0.2, 0.25) is 5.88 Å². The van der Waals surface area contributed by atoms with Crippen LogP contribution in [0.3, 0.4) is 0 Å². The Balaban J connectivity index is 1.28. The van der Waals surface area contributed by atoms with Crippen LogP contribution in [0.1, 0.15) is 41.7 Å². The summed E-state index contributed by atoms with van der Waals surface area (Å²) in [6.07, 6.45) is 6.74. The zero-order chi connectivity index (χ0) is 27.4. The molecule has 204 valence electrons. The molecule has 0 radical (unpaired) electrons. The van der Waals surface area contributed by atoms with Gasteiger partial charge in [-0.3, -0.25) is 18.9 Å². The molecule has 9 nitrogen and oxygen atoms in total. The Kier molecular flexibility index (Phi) is 8.28. The van der Waals surface area contributed by atoms with Crippen molar-refractivity contribution >= 4 is 28.5 Å². The summed E-state index contributed by atoms with van der Waals surface area (Å²) >= 11 is 6.04. The summed E-state index contributed by atoms with van der Waals surface area (Å²) in [5, 5.41) is 3.59. The van der Waals surface area contributed by atoms with Gasteiger partial charge in [-0.15, -0.1) is 0 Å². The van der Waals surface area contributed by atoms with Gasteiger partial charge in [0.15, 0.2) is 0 Å². The molecule has 1 amide bonds. The molecule has 1 aliphatic carbocycles. The molecule has 1 aromatic carbocycles. The first-order chi connectivity index (χ1) is 18.9. The number of carbonyl (C=O) groups excluding carboxylic acids is 1. The maximum atomic E-state index is 13.7. The van der Waals surface area contributed by atoms with E-state index in [4.69, 9.17) is 21.1 Å². The van der Waals surface area contributed by atoms with Gasteiger partial charge in [0.1, 0.15) is 6.61 Å². The van der Waals surface area contributed by atoms with Gasteiger partial charge in [-0.05, 0) is 62.8 Å². The second-order valence-electron chi connectivity index (χ2n) is 9.89. The topological polar surface area (TPSA) is 100 Å². The third-order valence-electron chi connectivity index (χ3n) is 7.27. The molecule has 4 aromatic rings. The van der Waals surface area contributed by atoms with E-state index in [1.807, 2.05) is 34.9 Å². The summed E-state index contributed by atoms with van der Waals surface area (Å²) in [7, 11) is 1.62. The minimum absolute atomic E-state index is 0.0842. The maximum absolute atomic E-state index is 13.7. The Morgan fingerprint density at radius 1 is 1.05 bits per heavy atom. The summed E-state index contributed by atoms with van der Waals surface area (Å²) in [4.78, 5) is 35.0. The van der Waals surface area contributed by atoms with Gasteiger partial charge in [0.25, 0.3) is 5.91 Å². The zero-order valence-electron chi connectivity index (χ0n) is 22.1. The third-order valence-corrected chi connectivity index (χ3v) is 7.48. The summed E-state index contributed by atoms with van der Waals surface area (Å²) in [6.45, 7) is 3.31. The van der Waals surface area contributed by atoms with Gasteiger partial charge in [0, 0.05) is 32.0 Å². The summed E-state index contributed by atoms with van der Waals surface area (Å²) in [6, 6.07) is 13.2. The molecule has 39 heavy (non-hydrogen) atoms. The summed E-state index contributed by atoms with van der Waals surface area (Å²) in [5.74, 6) is 0.673. The molecular weight excluding hydrogens is 518 g/mol. The van der Waals surface area contributed by atoms with Gasteiger partial charge in [-0.2, -0.15) is 0 Å². The van der Waals surface area contributed by atoms with Crippen LogP contribution in [0.2, 0.25) is 5.02 Å². The number of para-hydroxylation sites is 2. The Bertz CT molecular complexity index is 1510. The molecule has 0 spiro atoms. The van der Waals surface area contributed by atoms with Gasteiger partial charge in [-0.1, -0.05) is 23.7 Å². The molecule has 1 fully saturated rings. The minimum Gasteiger partial charge on any atom is -0.475 e. The average molecular weight is 550 g/mol. The SMILES string of the molecule is COCCOc1ccc(-n2c(=O)n(CC3CCC(NC(=O)c4cc(Cl)cnc4C)CC3)c3ccccc32)cn1. The lowest BCUT2D eigenvalue weighted by Gasteiger charge is -2.29. The number of nitrogens with zero attached hydrogens (tertiary/aromatic N) is 4. The number of aromatic nitrogens is 4. The predicted octanol–water partition coefficient (Wildman–Crippen LogP) is 4.56. The van der Waals surface area contributed by atoms with Crippen molar-refractivity contribution in [2.75, 3.05) is 20.3 Å². The van der Waals surface area contributed by atoms with Crippen LogP contribution < -0.4 is 15.7 Å². The van der Waals surface area contributed by atoms with Crippen LogP contribution in [0, 0.1) is 12.8 Å². The number of hydrogen-bond acceptors (Lipinski definition) is 6. The Labute approximate surface area is 231 Å². The van der Waals surface area contributed by atoms with E-state index in [2.05, 4.69) is 15.3 Å². The summed E-state index contributed by atoms with van der Waals surface area (Å²) in [5.41, 5.74) is 3.49. The Hall–Kier alpha value is -3.69. The van der Waals surface area contributed by atoms with Crippen LogP contribution >= 0.6 is 11.6 Å². The Morgan fingerprint density at radius 3 is 2.54 bits per heavy atom. The van der Waals surface area contributed by atoms with E-state index in [0.29, 0.717) is 53.5 Å². The van der Waals surface area contributed by atoms with Crippen molar-refractivity contribution in [1.29, 1.82) is 0 Å². The van der Waals surface area contributed by atoms with Crippen LogP contribution in [0.5, 0.6) is 5.88 Å². The third kappa shape index (κ3) is 5.99. The molecule has 0 unspecified atom stereocenters. The van der Waals surface area contributed by atoms with Crippen molar-refractivity contribution in [3.8, 4) is 11.6 Å². The van der Waals surface area contributed by atoms with Crippen molar-refractivity contribution in [3.05, 3.63) is 81.6 Å². The quantitative estimate of drug-likeness (QED) is 0.307. The van der Waals surface area contributed by atoms with Crippen molar-refractivity contribution in [1.82, 2.24) is 24.4 Å². The first-order valence-corrected chi connectivity index (χ1v) is 13.5. The average Bonchev–Trinajstić information content (AvgIpc) is 3.22. The highest BCUT2D eigenvalue weighted by Crippen LogP contribution is 2.28. The highest BCUT2D eigenvalue weighted by molar-refractivity contribution is 6.30. The van der Waals surface area contributed by atoms with E-state index >= 15 is 0 Å².